The zero-order valence-corrected chi connectivity index (χ0v) is 3.66. The molecule has 0 aromatic heterocycles. The largest absolute Gasteiger partial charge is 0.366 e. The Balaban J connectivity index is 2.66. The first kappa shape index (κ1) is 4.18. The van der Waals surface area contributed by atoms with Crippen LogP contribution in [0.3, 0.4) is 0 Å². The zero-order chi connectivity index (χ0) is 5.11. The molecule has 0 unspecified atom stereocenters. The highest BCUT2D eigenvalue weighted by Gasteiger charge is 1.92. The van der Waals surface area contributed by atoms with Gasteiger partial charge in [0.25, 0.3) is 0 Å². The van der Waals surface area contributed by atoms with Crippen molar-refractivity contribution < 1.29 is 4.79 Å². The van der Waals surface area contributed by atoms with Crippen LogP contribution in [0, 0.1) is 0 Å². The lowest BCUT2D eigenvalue weighted by molar-refractivity contribution is 0.257. The fourth-order valence-electron chi connectivity index (χ4n) is 0.342. The lowest BCUT2D eigenvalue weighted by Gasteiger charge is -1.86. The normalized spacial score (nSPS) is 18.0. The summed E-state index contributed by atoms with van der Waals surface area (Å²) < 4.78 is 0. The molecule has 1 aliphatic heterocycles. The van der Waals surface area contributed by atoms with Gasteiger partial charge in [-0.3, -0.25) is 0 Å². The van der Waals surface area contributed by atoms with Gasteiger partial charge < -0.3 is 0 Å². The van der Waals surface area contributed by atoms with Gasteiger partial charge in [0, 0.05) is 18.9 Å². The summed E-state index contributed by atoms with van der Waals surface area (Å²) in [5.41, 5.74) is 0. The zero-order valence-electron chi connectivity index (χ0n) is 3.66. The second kappa shape index (κ2) is 1.64. The molecule has 0 aromatic carbocycles. The second-order valence-corrected chi connectivity index (χ2v) is 1.14. The minimum Gasteiger partial charge on any atom is -0.244 e. The third kappa shape index (κ3) is 0.924. The van der Waals surface area contributed by atoms with Crippen molar-refractivity contribution in [3.63, 3.8) is 0 Å². The molecule has 1 aliphatic rings. The molecule has 0 radical (unpaired) electrons. The van der Waals surface area contributed by atoms with Crippen molar-refractivity contribution in [3.05, 3.63) is 0 Å². The van der Waals surface area contributed by atoms with E-state index in [9.17, 15) is 4.79 Å². The summed E-state index contributed by atoms with van der Waals surface area (Å²) in [6, 6.07) is -0.397. The average molecular weight is 96.1 g/mol. The van der Waals surface area contributed by atoms with Gasteiger partial charge in [0.15, 0.2) is 0 Å². The minimum atomic E-state index is -0.397. The molecule has 1 heterocycles. The quantitative estimate of drug-likeness (QED) is 0.436. The van der Waals surface area contributed by atoms with E-state index >= 15 is 0 Å². The van der Waals surface area contributed by atoms with Crippen LogP contribution in [-0.2, 0) is 0 Å². The Bertz CT molecular complexity index is 123. The number of hydrogen-bond donors (Lipinski definition) is 0. The summed E-state index contributed by atoms with van der Waals surface area (Å²) in [5.74, 6) is 0. The molecular formula is C4H4N2O. The second-order valence-electron chi connectivity index (χ2n) is 1.14. The number of hydrogen-bond acceptors (Lipinski definition) is 1. The van der Waals surface area contributed by atoms with E-state index < -0.39 is 6.03 Å². The number of urea groups is 1. The molecule has 0 saturated heterocycles. The Labute approximate surface area is 40.8 Å². The molecule has 0 bridgehead atoms. The highest BCUT2D eigenvalue weighted by molar-refractivity contribution is 5.98. The SMILES string of the molecule is O=C1N=CCC=N1. The van der Waals surface area contributed by atoms with Gasteiger partial charge in [-0.25, -0.2) is 14.8 Å². The highest BCUT2D eigenvalue weighted by Crippen LogP contribution is 1.85. The Kier molecular flexibility index (Phi) is 0.978. The number of carbonyl (C=O) groups excluding carboxylic acids is 1. The maximum absolute atomic E-state index is 10.1. The number of nitrogens with zero attached hydrogens (tertiary/aromatic N) is 2. The van der Waals surface area contributed by atoms with Crippen molar-refractivity contribution in [2.75, 3.05) is 0 Å². The third-order valence-corrected chi connectivity index (χ3v) is 0.614. The van der Waals surface area contributed by atoms with Crippen LogP contribution in [0.4, 0.5) is 4.79 Å². The number of aliphatic imine (C=N–C) groups is 2. The maximum atomic E-state index is 10.1. The van der Waals surface area contributed by atoms with E-state index in [4.69, 9.17) is 0 Å². The van der Waals surface area contributed by atoms with Crippen LogP contribution in [0.2, 0.25) is 0 Å². The van der Waals surface area contributed by atoms with Gasteiger partial charge >= 0.3 is 6.03 Å². The van der Waals surface area contributed by atoms with Crippen molar-refractivity contribution in [1.29, 1.82) is 0 Å². The summed E-state index contributed by atoms with van der Waals surface area (Å²) in [7, 11) is 0. The van der Waals surface area contributed by atoms with E-state index in [1.165, 1.54) is 12.4 Å². The molecule has 0 atom stereocenters. The summed E-state index contributed by atoms with van der Waals surface area (Å²) in [6.45, 7) is 0. The minimum absolute atomic E-state index is 0.397. The number of rotatable bonds is 0. The standard InChI is InChI=1S/C4H4N2O/c7-4-5-2-1-3-6-4/h2-3H,1H2. The predicted molar refractivity (Wildman–Crippen MR) is 27.0 cm³/mol. The molecule has 7 heavy (non-hydrogen) atoms. The van der Waals surface area contributed by atoms with Crippen LogP contribution in [0.25, 0.3) is 0 Å². The molecular weight excluding hydrogens is 92.1 g/mol. The van der Waals surface area contributed by atoms with Crippen molar-refractivity contribution in [3.8, 4) is 0 Å². The van der Waals surface area contributed by atoms with Gasteiger partial charge in [-0.15, -0.1) is 0 Å². The van der Waals surface area contributed by atoms with Crippen LogP contribution in [0.15, 0.2) is 9.98 Å². The Morgan fingerprint density at radius 1 is 1.43 bits per heavy atom. The van der Waals surface area contributed by atoms with Gasteiger partial charge in [-0.05, 0) is 0 Å². The molecule has 2 amide bonds. The van der Waals surface area contributed by atoms with Gasteiger partial charge in [0.2, 0.25) is 0 Å². The molecule has 0 saturated carbocycles. The molecule has 0 aromatic rings. The molecule has 1 rings (SSSR count). The topological polar surface area (TPSA) is 41.8 Å². The molecule has 0 fully saturated rings. The molecule has 3 nitrogen and oxygen atoms in total. The van der Waals surface area contributed by atoms with Crippen LogP contribution < -0.4 is 0 Å². The maximum Gasteiger partial charge on any atom is 0.366 e. The number of carbonyl (C=O) groups is 1. The lowest BCUT2D eigenvalue weighted by Crippen LogP contribution is -1.93. The monoisotopic (exact) mass is 96.0 g/mol. The molecule has 0 N–H and O–H groups in total. The highest BCUT2D eigenvalue weighted by atomic mass is 16.2. The molecule has 3 heteroatoms. The van der Waals surface area contributed by atoms with E-state index in [2.05, 4.69) is 9.98 Å². The Morgan fingerprint density at radius 2 is 2.00 bits per heavy atom. The summed E-state index contributed by atoms with van der Waals surface area (Å²) in [6.07, 6.45) is 3.76. The fourth-order valence-corrected chi connectivity index (χ4v) is 0.342. The summed E-state index contributed by atoms with van der Waals surface area (Å²) >= 11 is 0. The summed E-state index contributed by atoms with van der Waals surface area (Å²) in [5, 5.41) is 0. The van der Waals surface area contributed by atoms with Crippen molar-refractivity contribution >= 4 is 18.5 Å². The first-order chi connectivity index (χ1) is 3.39. The van der Waals surface area contributed by atoms with Crippen molar-refractivity contribution in [2.45, 2.75) is 6.42 Å². The third-order valence-electron chi connectivity index (χ3n) is 0.614. The van der Waals surface area contributed by atoms with Crippen LogP contribution >= 0.6 is 0 Å². The Hall–Kier alpha value is -0.990. The molecule has 0 aliphatic carbocycles. The fraction of sp³-hybridized carbons (Fsp3) is 0.250. The number of amides is 2. The van der Waals surface area contributed by atoms with E-state index in [0.717, 1.165) is 0 Å². The van der Waals surface area contributed by atoms with Crippen molar-refractivity contribution in [2.24, 2.45) is 9.98 Å². The first-order valence-corrected chi connectivity index (χ1v) is 1.98. The molecule has 36 valence electrons. The van der Waals surface area contributed by atoms with Crippen LogP contribution in [0.1, 0.15) is 6.42 Å². The van der Waals surface area contributed by atoms with E-state index in [-0.39, 0.29) is 0 Å². The van der Waals surface area contributed by atoms with E-state index in [1.807, 2.05) is 0 Å². The predicted octanol–water partition coefficient (Wildman–Crippen LogP) is 0.652. The lowest BCUT2D eigenvalue weighted by atomic mass is 10.5. The van der Waals surface area contributed by atoms with Crippen LogP contribution in [0.5, 0.6) is 0 Å². The van der Waals surface area contributed by atoms with Crippen LogP contribution in [-0.4, -0.2) is 18.5 Å². The van der Waals surface area contributed by atoms with E-state index in [1.54, 1.807) is 0 Å². The van der Waals surface area contributed by atoms with Gasteiger partial charge in [-0.2, -0.15) is 0 Å². The van der Waals surface area contributed by atoms with Crippen molar-refractivity contribution in [1.82, 2.24) is 0 Å². The van der Waals surface area contributed by atoms with Gasteiger partial charge in [0.05, 0.1) is 0 Å². The average Bonchev–Trinajstić information content (AvgIpc) is 1.69. The Morgan fingerprint density at radius 3 is 2.29 bits per heavy atom. The first-order valence-electron chi connectivity index (χ1n) is 1.98. The smallest absolute Gasteiger partial charge is 0.244 e. The summed E-state index contributed by atoms with van der Waals surface area (Å²) in [4.78, 5) is 16.8. The van der Waals surface area contributed by atoms with Gasteiger partial charge in [0.1, 0.15) is 0 Å². The van der Waals surface area contributed by atoms with Gasteiger partial charge in [-0.1, -0.05) is 0 Å². The van der Waals surface area contributed by atoms with E-state index in [0.29, 0.717) is 6.42 Å². The molecule has 0 spiro atoms.